The highest BCUT2D eigenvalue weighted by Crippen LogP contribution is 2.40. The fourth-order valence-corrected chi connectivity index (χ4v) is 3.83. The number of hydrogen-bond acceptors (Lipinski definition) is 3. The van der Waals surface area contributed by atoms with Crippen LogP contribution in [-0.4, -0.2) is 21.7 Å². The van der Waals surface area contributed by atoms with Gasteiger partial charge >= 0.3 is 0 Å². The summed E-state index contributed by atoms with van der Waals surface area (Å²) in [7, 11) is 0. The van der Waals surface area contributed by atoms with Gasteiger partial charge in [0.1, 0.15) is 5.76 Å². The van der Waals surface area contributed by atoms with Gasteiger partial charge < -0.3 is 10.0 Å². The van der Waals surface area contributed by atoms with Crippen LogP contribution in [0.5, 0.6) is 0 Å². The van der Waals surface area contributed by atoms with Gasteiger partial charge in [0.05, 0.1) is 11.6 Å². The molecule has 1 atom stereocenters. The number of aliphatic hydroxyl groups excluding tert-OH is 1. The Morgan fingerprint density at radius 1 is 0.862 bits per heavy atom. The first-order valence-corrected chi connectivity index (χ1v) is 9.99. The van der Waals surface area contributed by atoms with E-state index in [0.29, 0.717) is 5.56 Å². The molecule has 4 rings (SSSR count). The van der Waals surface area contributed by atoms with Crippen LogP contribution in [-0.2, 0) is 16.1 Å². The third kappa shape index (κ3) is 3.74. The summed E-state index contributed by atoms with van der Waals surface area (Å²) in [6.07, 6.45) is 0. The van der Waals surface area contributed by atoms with Crippen molar-refractivity contribution < 1.29 is 14.7 Å². The second-order valence-corrected chi connectivity index (χ2v) is 7.75. The number of halogens is 1. The Morgan fingerprint density at radius 2 is 1.45 bits per heavy atom. The van der Waals surface area contributed by atoms with Crippen LogP contribution >= 0.6 is 15.9 Å². The van der Waals surface area contributed by atoms with Crippen LogP contribution in [0, 0.1) is 0 Å². The summed E-state index contributed by atoms with van der Waals surface area (Å²) < 4.78 is 0.893. The SMILES string of the molecule is O=C1C(=O)N(Cc2ccccc2)C(c2ccc(Br)cc2)/C1=C(/O)c1ccccc1. The average molecular weight is 448 g/mol. The molecule has 5 heteroatoms. The summed E-state index contributed by atoms with van der Waals surface area (Å²) in [4.78, 5) is 27.4. The van der Waals surface area contributed by atoms with Crippen LogP contribution in [0.25, 0.3) is 5.76 Å². The van der Waals surface area contributed by atoms with E-state index < -0.39 is 17.7 Å². The molecule has 1 fully saturated rings. The maximum atomic E-state index is 13.0. The number of Topliss-reactive ketones (excluding diaryl/α,β-unsaturated/α-hetero) is 1. The molecule has 1 unspecified atom stereocenters. The van der Waals surface area contributed by atoms with Crippen molar-refractivity contribution in [1.29, 1.82) is 0 Å². The highest BCUT2D eigenvalue weighted by Gasteiger charge is 2.45. The monoisotopic (exact) mass is 447 g/mol. The fraction of sp³-hybridized carbons (Fsp3) is 0.0833. The third-order valence-corrected chi connectivity index (χ3v) is 5.50. The highest BCUT2D eigenvalue weighted by molar-refractivity contribution is 9.10. The second-order valence-electron chi connectivity index (χ2n) is 6.83. The lowest BCUT2D eigenvalue weighted by Crippen LogP contribution is -2.29. The molecule has 0 bridgehead atoms. The van der Waals surface area contributed by atoms with Crippen LogP contribution in [0.3, 0.4) is 0 Å². The van der Waals surface area contributed by atoms with Gasteiger partial charge in [0.25, 0.3) is 11.7 Å². The fourth-order valence-electron chi connectivity index (χ4n) is 3.57. The smallest absolute Gasteiger partial charge is 0.295 e. The van der Waals surface area contributed by atoms with Crippen molar-refractivity contribution in [2.24, 2.45) is 0 Å². The van der Waals surface area contributed by atoms with Gasteiger partial charge in [-0.3, -0.25) is 9.59 Å². The number of benzene rings is 3. The van der Waals surface area contributed by atoms with Crippen molar-refractivity contribution in [2.45, 2.75) is 12.6 Å². The summed E-state index contributed by atoms with van der Waals surface area (Å²) in [6, 6.07) is 25.1. The summed E-state index contributed by atoms with van der Waals surface area (Å²) in [5.74, 6) is -1.44. The van der Waals surface area contributed by atoms with Crippen LogP contribution in [0.15, 0.2) is 95.0 Å². The van der Waals surface area contributed by atoms with E-state index in [2.05, 4.69) is 15.9 Å². The largest absolute Gasteiger partial charge is 0.507 e. The molecule has 0 spiro atoms. The van der Waals surface area contributed by atoms with E-state index in [-0.39, 0.29) is 17.9 Å². The van der Waals surface area contributed by atoms with E-state index in [4.69, 9.17) is 0 Å². The van der Waals surface area contributed by atoms with Crippen LogP contribution in [0.2, 0.25) is 0 Å². The first-order chi connectivity index (χ1) is 14.1. The molecule has 1 heterocycles. The maximum absolute atomic E-state index is 13.0. The van der Waals surface area contributed by atoms with Crippen molar-refractivity contribution in [3.8, 4) is 0 Å². The lowest BCUT2D eigenvalue weighted by atomic mass is 9.95. The van der Waals surface area contributed by atoms with Crippen LogP contribution < -0.4 is 0 Å². The normalized spacial score (nSPS) is 18.2. The summed E-state index contributed by atoms with van der Waals surface area (Å²) in [5, 5.41) is 10.9. The molecule has 0 aliphatic carbocycles. The lowest BCUT2D eigenvalue weighted by molar-refractivity contribution is -0.140. The van der Waals surface area contributed by atoms with Gasteiger partial charge in [-0.1, -0.05) is 88.7 Å². The molecule has 1 saturated heterocycles. The van der Waals surface area contributed by atoms with E-state index in [1.807, 2.05) is 60.7 Å². The molecule has 1 amide bonds. The van der Waals surface area contributed by atoms with Gasteiger partial charge in [-0.2, -0.15) is 0 Å². The Bertz CT molecular complexity index is 1080. The first kappa shape index (κ1) is 19.2. The zero-order valence-electron chi connectivity index (χ0n) is 15.5. The number of carbonyl (C=O) groups excluding carboxylic acids is 2. The molecular formula is C24H18BrNO3. The van der Waals surface area contributed by atoms with Crippen molar-refractivity contribution in [3.63, 3.8) is 0 Å². The molecule has 1 aliphatic rings. The van der Waals surface area contributed by atoms with Gasteiger partial charge in [0.15, 0.2) is 0 Å². The standard InChI is InChI=1S/C24H18BrNO3/c25-19-13-11-17(12-14-19)21-20(22(27)18-9-5-2-6-10-18)23(28)24(29)26(21)15-16-7-3-1-4-8-16/h1-14,21,27H,15H2/b22-20-. The molecule has 0 aromatic heterocycles. The number of hydrogen-bond donors (Lipinski definition) is 1. The van der Waals surface area contributed by atoms with E-state index in [0.717, 1.165) is 15.6 Å². The maximum Gasteiger partial charge on any atom is 0.295 e. The van der Waals surface area contributed by atoms with E-state index in [1.165, 1.54) is 4.90 Å². The predicted octanol–water partition coefficient (Wildman–Crippen LogP) is 5.07. The van der Waals surface area contributed by atoms with Gasteiger partial charge in [-0.05, 0) is 23.3 Å². The zero-order chi connectivity index (χ0) is 20.4. The number of ketones is 1. The van der Waals surface area contributed by atoms with Gasteiger partial charge in [0.2, 0.25) is 0 Å². The minimum atomic E-state index is -0.671. The van der Waals surface area contributed by atoms with Gasteiger partial charge in [0, 0.05) is 16.6 Å². The average Bonchev–Trinajstić information content (AvgIpc) is 3.00. The molecule has 1 N–H and O–H groups in total. The minimum Gasteiger partial charge on any atom is -0.507 e. The molecule has 1 aliphatic heterocycles. The summed E-state index contributed by atoms with van der Waals surface area (Å²) >= 11 is 3.42. The number of carbonyl (C=O) groups is 2. The van der Waals surface area contributed by atoms with Crippen molar-refractivity contribution in [3.05, 3.63) is 112 Å². The Kier molecular flexibility index (Phi) is 5.32. The number of amides is 1. The number of nitrogens with zero attached hydrogens (tertiary/aromatic N) is 1. The first-order valence-electron chi connectivity index (χ1n) is 9.19. The van der Waals surface area contributed by atoms with E-state index >= 15 is 0 Å². The number of likely N-dealkylation sites (tertiary alicyclic amines) is 1. The molecular weight excluding hydrogens is 430 g/mol. The van der Waals surface area contributed by atoms with Gasteiger partial charge in [-0.15, -0.1) is 0 Å². The number of rotatable bonds is 4. The second kappa shape index (κ2) is 8.05. The predicted molar refractivity (Wildman–Crippen MR) is 115 cm³/mol. The Hall–Kier alpha value is -3.18. The van der Waals surface area contributed by atoms with Crippen LogP contribution in [0.4, 0.5) is 0 Å². The highest BCUT2D eigenvalue weighted by atomic mass is 79.9. The zero-order valence-corrected chi connectivity index (χ0v) is 17.0. The topological polar surface area (TPSA) is 57.6 Å². The van der Waals surface area contributed by atoms with Crippen molar-refractivity contribution in [2.75, 3.05) is 0 Å². The van der Waals surface area contributed by atoms with Crippen molar-refractivity contribution in [1.82, 2.24) is 4.90 Å². The lowest BCUT2D eigenvalue weighted by Gasteiger charge is -2.25. The number of aliphatic hydroxyl groups is 1. The molecule has 144 valence electrons. The molecule has 3 aromatic rings. The summed E-state index contributed by atoms with van der Waals surface area (Å²) in [5.41, 5.74) is 2.30. The molecule has 29 heavy (non-hydrogen) atoms. The third-order valence-electron chi connectivity index (χ3n) is 4.97. The van der Waals surface area contributed by atoms with Gasteiger partial charge in [-0.25, -0.2) is 0 Å². The van der Waals surface area contributed by atoms with E-state index in [9.17, 15) is 14.7 Å². The molecule has 3 aromatic carbocycles. The Balaban J connectivity index is 1.86. The minimum absolute atomic E-state index is 0.111. The molecule has 0 radical (unpaired) electrons. The summed E-state index contributed by atoms with van der Waals surface area (Å²) in [6.45, 7) is 0.276. The molecule has 4 nitrogen and oxygen atoms in total. The quantitative estimate of drug-likeness (QED) is 0.345. The van der Waals surface area contributed by atoms with E-state index in [1.54, 1.807) is 24.3 Å². The Labute approximate surface area is 177 Å². The molecule has 0 saturated carbocycles. The van der Waals surface area contributed by atoms with Crippen molar-refractivity contribution >= 4 is 33.4 Å². The van der Waals surface area contributed by atoms with Crippen LogP contribution in [0.1, 0.15) is 22.7 Å². The Morgan fingerprint density at radius 3 is 2.07 bits per heavy atom.